The minimum atomic E-state index is 0.331. The lowest BCUT2D eigenvalue weighted by Gasteiger charge is -2.43. The molecule has 2 N–H and O–H groups in total. The summed E-state index contributed by atoms with van der Waals surface area (Å²) in [7, 11) is 0. The summed E-state index contributed by atoms with van der Waals surface area (Å²) in [6.45, 7) is 8.13. The van der Waals surface area contributed by atoms with Gasteiger partial charge in [0.05, 0.1) is 0 Å². The van der Waals surface area contributed by atoms with Crippen molar-refractivity contribution in [3.8, 4) is 0 Å². The van der Waals surface area contributed by atoms with Gasteiger partial charge in [0.2, 0.25) is 0 Å². The molecule has 2 fully saturated rings. The molecule has 0 unspecified atom stereocenters. The molecular formula is C15H30N2S. The molecule has 0 aromatic heterocycles. The molecule has 1 saturated heterocycles. The second-order valence-electron chi connectivity index (χ2n) is 6.69. The lowest BCUT2D eigenvalue weighted by molar-refractivity contribution is 0.0834. The van der Waals surface area contributed by atoms with E-state index < -0.39 is 0 Å². The monoisotopic (exact) mass is 270 g/mol. The first-order valence-corrected chi connectivity index (χ1v) is 8.66. The highest BCUT2D eigenvalue weighted by atomic mass is 32.2. The summed E-state index contributed by atoms with van der Waals surface area (Å²) in [4.78, 5) is 2.75. The van der Waals surface area contributed by atoms with Gasteiger partial charge < -0.3 is 5.73 Å². The Morgan fingerprint density at radius 1 is 1.00 bits per heavy atom. The van der Waals surface area contributed by atoms with Crippen molar-refractivity contribution in [1.82, 2.24) is 4.90 Å². The molecule has 2 aliphatic rings. The van der Waals surface area contributed by atoms with Gasteiger partial charge in [-0.1, -0.05) is 39.5 Å². The maximum atomic E-state index is 6.21. The number of rotatable bonds is 2. The molecule has 0 atom stereocenters. The minimum Gasteiger partial charge on any atom is -0.329 e. The van der Waals surface area contributed by atoms with E-state index in [0.717, 1.165) is 6.54 Å². The van der Waals surface area contributed by atoms with Gasteiger partial charge in [-0.3, -0.25) is 4.90 Å². The highest BCUT2D eigenvalue weighted by Gasteiger charge is 2.37. The van der Waals surface area contributed by atoms with E-state index in [4.69, 9.17) is 5.73 Å². The number of nitrogens with zero attached hydrogens (tertiary/aromatic N) is 1. The molecule has 0 bridgehead atoms. The predicted octanol–water partition coefficient (Wildman–Crippen LogP) is 3.26. The fourth-order valence-electron chi connectivity index (χ4n) is 3.53. The quantitative estimate of drug-likeness (QED) is 0.781. The summed E-state index contributed by atoms with van der Waals surface area (Å²) in [6, 6.07) is 0. The maximum Gasteiger partial charge on any atom is 0.0332 e. The average molecular weight is 270 g/mol. The van der Waals surface area contributed by atoms with Crippen molar-refractivity contribution in [1.29, 1.82) is 0 Å². The van der Waals surface area contributed by atoms with E-state index in [9.17, 15) is 0 Å². The molecule has 2 rings (SSSR count). The van der Waals surface area contributed by atoms with Crippen molar-refractivity contribution >= 4 is 11.8 Å². The molecule has 0 aromatic rings. The summed E-state index contributed by atoms with van der Waals surface area (Å²) >= 11 is 2.14. The van der Waals surface area contributed by atoms with E-state index >= 15 is 0 Å². The number of hydrogen-bond acceptors (Lipinski definition) is 3. The first-order valence-electron chi connectivity index (χ1n) is 7.67. The fraction of sp³-hybridized carbons (Fsp3) is 1.00. The summed E-state index contributed by atoms with van der Waals surface area (Å²) in [5, 5.41) is 0. The van der Waals surface area contributed by atoms with Crippen LogP contribution in [-0.2, 0) is 0 Å². The molecule has 0 amide bonds. The molecule has 1 aliphatic heterocycles. The van der Waals surface area contributed by atoms with Gasteiger partial charge in [0.25, 0.3) is 0 Å². The normalized spacial score (nSPS) is 29.5. The van der Waals surface area contributed by atoms with Gasteiger partial charge in [-0.05, 0) is 19.3 Å². The third kappa shape index (κ3) is 3.43. The van der Waals surface area contributed by atoms with Crippen LogP contribution in [0.3, 0.4) is 0 Å². The van der Waals surface area contributed by atoms with Crippen LogP contribution >= 0.6 is 11.8 Å². The Morgan fingerprint density at radius 3 is 2.28 bits per heavy atom. The molecule has 1 aliphatic carbocycles. The van der Waals surface area contributed by atoms with Gasteiger partial charge in [-0.15, -0.1) is 0 Å². The van der Waals surface area contributed by atoms with E-state index in [1.54, 1.807) is 0 Å². The van der Waals surface area contributed by atoms with Crippen molar-refractivity contribution in [2.45, 2.75) is 69.1 Å². The molecular weight excluding hydrogens is 240 g/mol. The van der Waals surface area contributed by atoms with Crippen molar-refractivity contribution in [3.05, 3.63) is 0 Å². The van der Waals surface area contributed by atoms with Gasteiger partial charge in [0.1, 0.15) is 0 Å². The molecule has 0 aromatic carbocycles. The van der Waals surface area contributed by atoms with E-state index in [1.807, 2.05) is 0 Å². The Morgan fingerprint density at radius 2 is 1.67 bits per heavy atom. The van der Waals surface area contributed by atoms with Crippen LogP contribution < -0.4 is 5.73 Å². The number of thioether (sulfide) groups is 1. The van der Waals surface area contributed by atoms with Gasteiger partial charge >= 0.3 is 0 Å². The second kappa shape index (κ2) is 6.15. The highest BCUT2D eigenvalue weighted by Crippen LogP contribution is 2.37. The summed E-state index contributed by atoms with van der Waals surface area (Å²) in [5.74, 6) is 1.27. The smallest absolute Gasteiger partial charge is 0.0332 e. The van der Waals surface area contributed by atoms with E-state index in [1.165, 1.54) is 63.8 Å². The molecule has 106 valence electrons. The Kier molecular flexibility index (Phi) is 5.01. The van der Waals surface area contributed by atoms with Crippen LogP contribution in [0.15, 0.2) is 0 Å². The van der Waals surface area contributed by atoms with E-state index in [0.29, 0.717) is 10.3 Å². The molecule has 1 saturated carbocycles. The lowest BCUT2D eigenvalue weighted by atomic mass is 9.87. The van der Waals surface area contributed by atoms with Crippen LogP contribution in [0.25, 0.3) is 0 Å². The van der Waals surface area contributed by atoms with Crippen LogP contribution in [0, 0.1) is 0 Å². The first kappa shape index (κ1) is 14.7. The number of hydrogen-bond donors (Lipinski definition) is 1. The third-order valence-electron chi connectivity index (χ3n) is 4.92. The second-order valence-corrected chi connectivity index (χ2v) is 8.49. The Hall–Kier alpha value is 0.270. The molecule has 1 heterocycles. The third-order valence-corrected chi connectivity index (χ3v) is 6.30. The van der Waals surface area contributed by atoms with Crippen molar-refractivity contribution < 1.29 is 0 Å². The first-order chi connectivity index (χ1) is 8.58. The zero-order valence-corrected chi connectivity index (χ0v) is 13.0. The van der Waals surface area contributed by atoms with Crippen LogP contribution in [0.4, 0.5) is 0 Å². The Bertz CT molecular complexity index is 257. The summed E-state index contributed by atoms with van der Waals surface area (Å²) in [6.07, 6.45) is 9.54. The largest absolute Gasteiger partial charge is 0.329 e. The average Bonchev–Trinajstić information content (AvgIpc) is 2.68. The van der Waals surface area contributed by atoms with Gasteiger partial charge in [0, 0.05) is 35.7 Å². The van der Waals surface area contributed by atoms with Crippen molar-refractivity contribution in [2.75, 3.05) is 25.4 Å². The van der Waals surface area contributed by atoms with Gasteiger partial charge in [-0.25, -0.2) is 0 Å². The molecule has 0 spiro atoms. The molecule has 2 nitrogen and oxygen atoms in total. The zero-order valence-electron chi connectivity index (χ0n) is 12.2. The molecule has 0 radical (unpaired) electrons. The van der Waals surface area contributed by atoms with Gasteiger partial charge in [-0.2, -0.15) is 11.8 Å². The highest BCUT2D eigenvalue weighted by molar-refractivity contribution is 8.00. The Balaban J connectivity index is 2.06. The lowest BCUT2D eigenvalue weighted by Crippen LogP contribution is -2.54. The van der Waals surface area contributed by atoms with Crippen molar-refractivity contribution in [3.63, 3.8) is 0 Å². The predicted molar refractivity (Wildman–Crippen MR) is 82.2 cm³/mol. The SMILES string of the molecule is CC1(C)CCN(C2(CN)CCCCCC2)CCS1. The zero-order chi connectivity index (χ0) is 13.1. The summed E-state index contributed by atoms with van der Waals surface area (Å²) in [5.41, 5.74) is 6.54. The molecule has 3 heteroatoms. The van der Waals surface area contributed by atoms with Gasteiger partial charge in [0.15, 0.2) is 0 Å². The minimum absolute atomic E-state index is 0.331. The van der Waals surface area contributed by atoms with Crippen molar-refractivity contribution in [2.24, 2.45) is 5.73 Å². The van der Waals surface area contributed by atoms with Crippen LogP contribution in [0.2, 0.25) is 0 Å². The standard InChI is InChI=1S/C15H30N2S/c1-14(2)9-10-17(11-12-18-14)15(13-16)7-5-3-4-6-8-15/h3-13,16H2,1-2H3. The van der Waals surface area contributed by atoms with Crippen LogP contribution in [0.1, 0.15) is 58.8 Å². The fourth-order valence-corrected chi connectivity index (χ4v) is 4.63. The Labute approximate surface area is 117 Å². The van der Waals surface area contributed by atoms with E-state index in [2.05, 4.69) is 30.5 Å². The van der Waals surface area contributed by atoms with E-state index in [-0.39, 0.29) is 0 Å². The summed E-state index contributed by atoms with van der Waals surface area (Å²) < 4.78 is 0.454. The molecule has 18 heavy (non-hydrogen) atoms. The van der Waals surface area contributed by atoms with Crippen LogP contribution in [0.5, 0.6) is 0 Å². The maximum absolute atomic E-state index is 6.21. The number of nitrogens with two attached hydrogens (primary N) is 1. The van der Waals surface area contributed by atoms with Crippen LogP contribution in [-0.4, -0.2) is 40.6 Å². The topological polar surface area (TPSA) is 29.3 Å².